The first-order valence-corrected chi connectivity index (χ1v) is 24.2. The number of anilines is 1. The first-order chi connectivity index (χ1) is 31.7. The molecule has 5 aliphatic heterocycles. The van der Waals surface area contributed by atoms with Crippen LogP contribution < -0.4 is 21.3 Å². The Bertz CT molecular complexity index is 2620. The molecular weight excluding hydrogens is 883 g/mol. The third-order valence-electron chi connectivity index (χ3n) is 16.0. The number of benzene rings is 3. The summed E-state index contributed by atoms with van der Waals surface area (Å²) in [5.74, 6) is 3.59. The summed E-state index contributed by atoms with van der Waals surface area (Å²) < 4.78 is 16.4. The number of carbonyl (C=O) groups is 6. The topological polar surface area (TPSA) is 157 Å². The molecule has 4 atom stereocenters. The Kier molecular flexibility index (Phi) is 11.5. The van der Waals surface area contributed by atoms with E-state index in [-0.39, 0.29) is 70.5 Å². The van der Waals surface area contributed by atoms with Gasteiger partial charge in [-0.2, -0.15) is 0 Å². The van der Waals surface area contributed by atoms with Crippen molar-refractivity contribution in [3.63, 3.8) is 0 Å². The lowest BCUT2D eigenvalue weighted by atomic mass is 9.55. The molecule has 66 heavy (non-hydrogen) atoms. The van der Waals surface area contributed by atoms with Gasteiger partial charge in [0.2, 0.25) is 29.5 Å². The molecule has 0 radical (unpaired) electrons. The first-order valence-electron chi connectivity index (χ1n) is 23.4. The maximum atomic E-state index is 16.4. The molecule has 2 spiro atoms. The standard InChI is InChI=1S/C51H53Cl2FN6O6/c1-49(22-19-29-7-5-8-33-35(29)28-60(47(33)65)39-17-18-40(61)57-44(39)62)23-25-59(26-24-49)46(64)30-11-14-32(15-12-30)55-45(63)43-41(34-9-6-10-37(53)42(34)54)51(50(58-43)20-3-2-4-21-50)36-16-13-31(52)27-38(36)56-48(51)66/h5-10,13,16,27,30,32,39,41,43,58H,2-4,11-12,14-15,17-18,20-21,23-26,28H2,1H3,(H,55,63)(H,56,66)(H,57,61,62)/t30-,32-,39?,41-,43+,51+/m0/s1. The van der Waals surface area contributed by atoms with E-state index in [1.165, 1.54) is 11.0 Å². The predicted octanol–water partition coefficient (Wildman–Crippen LogP) is 6.90. The molecule has 3 saturated heterocycles. The zero-order chi connectivity index (χ0) is 46.1. The van der Waals surface area contributed by atoms with Crippen LogP contribution >= 0.6 is 23.2 Å². The molecule has 3 aromatic rings. The molecule has 344 valence electrons. The van der Waals surface area contributed by atoms with Crippen LogP contribution in [-0.2, 0) is 35.9 Å². The van der Waals surface area contributed by atoms with Gasteiger partial charge >= 0.3 is 0 Å². The normalized spacial score (nSPS) is 28.6. The number of rotatable bonds is 5. The van der Waals surface area contributed by atoms with Crippen LogP contribution in [0, 0.1) is 29.0 Å². The van der Waals surface area contributed by atoms with Gasteiger partial charge in [0.1, 0.15) is 17.3 Å². The van der Waals surface area contributed by atoms with Crippen molar-refractivity contribution in [1.29, 1.82) is 0 Å². The minimum absolute atomic E-state index is 0.0780. The van der Waals surface area contributed by atoms with Gasteiger partial charge in [0.15, 0.2) is 0 Å². The van der Waals surface area contributed by atoms with E-state index in [1.54, 1.807) is 36.4 Å². The average molecular weight is 936 g/mol. The van der Waals surface area contributed by atoms with Crippen molar-refractivity contribution in [2.24, 2.45) is 11.3 Å². The summed E-state index contributed by atoms with van der Waals surface area (Å²) in [4.78, 5) is 84.6. The van der Waals surface area contributed by atoms with Crippen LogP contribution in [0.2, 0.25) is 10.0 Å². The number of hydrogen-bond donors (Lipinski definition) is 4. The summed E-state index contributed by atoms with van der Waals surface area (Å²) in [6.45, 7) is 3.49. The Balaban J connectivity index is 0.797. The van der Waals surface area contributed by atoms with Crippen LogP contribution in [0.5, 0.6) is 0 Å². The fraction of sp³-hybridized carbons (Fsp3) is 0.490. The monoisotopic (exact) mass is 934 g/mol. The van der Waals surface area contributed by atoms with E-state index >= 15 is 4.39 Å². The summed E-state index contributed by atoms with van der Waals surface area (Å²) in [6, 6.07) is 13.7. The van der Waals surface area contributed by atoms with Gasteiger partial charge in [-0.1, -0.05) is 78.6 Å². The van der Waals surface area contributed by atoms with Gasteiger partial charge in [0.05, 0.1) is 11.1 Å². The number of halogens is 3. The Hall–Kier alpha value is -5.29. The molecular formula is C51H53Cl2FN6O6. The Morgan fingerprint density at radius 2 is 1.62 bits per heavy atom. The van der Waals surface area contributed by atoms with E-state index < -0.39 is 40.7 Å². The maximum absolute atomic E-state index is 16.4. The van der Waals surface area contributed by atoms with E-state index in [4.69, 9.17) is 23.2 Å². The summed E-state index contributed by atoms with van der Waals surface area (Å²) >= 11 is 12.9. The number of carbonyl (C=O) groups excluding carboxylic acids is 6. The molecule has 12 nitrogen and oxygen atoms in total. The van der Waals surface area contributed by atoms with Crippen molar-refractivity contribution in [2.75, 3.05) is 18.4 Å². The van der Waals surface area contributed by atoms with Gasteiger partial charge in [0.25, 0.3) is 5.91 Å². The van der Waals surface area contributed by atoms with Gasteiger partial charge in [-0.05, 0) is 112 Å². The van der Waals surface area contributed by atoms with E-state index in [0.717, 1.165) is 30.4 Å². The second-order valence-corrected chi connectivity index (χ2v) is 20.6. The third-order valence-corrected chi connectivity index (χ3v) is 16.5. The van der Waals surface area contributed by atoms with Crippen molar-refractivity contribution < 1.29 is 33.2 Å². The van der Waals surface area contributed by atoms with Crippen molar-refractivity contribution in [1.82, 2.24) is 25.8 Å². The number of amides is 6. The quantitative estimate of drug-likeness (QED) is 0.160. The predicted molar refractivity (Wildman–Crippen MR) is 246 cm³/mol. The minimum Gasteiger partial charge on any atom is -0.352 e. The van der Waals surface area contributed by atoms with Crippen LogP contribution in [0.3, 0.4) is 0 Å². The zero-order valence-electron chi connectivity index (χ0n) is 36.9. The van der Waals surface area contributed by atoms with Crippen LogP contribution in [0.4, 0.5) is 10.1 Å². The molecule has 10 rings (SSSR count). The van der Waals surface area contributed by atoms with Crippen molar-refractivity contribution in [3.05, 3.63) is 98.3 Å². The molecule has 5 heterocycles. The summed E-state index contributed by atoms with van der Waals surface area (Å²) in [7, 11) is 0. The fourth-order valence-corrected chi connectivity index (χ4v) is 12.9. The Morgan fingerprint density at radius 1 is 0.879 bits per heavy atom. The number of fused-ring (bicyclic) bond motifs is 4. The highest BCUT2D eigenvalue weighted by molar-refractivity contribution is 6.31. The van der Waals surface area contributed by atoms with Crippen LogP contribution in [0.1, 0.15) is 129 Å². The van der Waals surface area contributed by atoms with Gasteiger partial charge in [-0.3, -0.25) is 39.4 Å². The molecule has 15 heteroatoms. The summed E-state index contributed by atoms with van der Waals surface area (Å²) in [5.41, 5.74) is 1.03. The van der Waals surface area contributed by atoms with Gasteiger partial charge in [-0.25, -0.2) is 4.39 Å². The van der Waals surface area contributed by atoms with Crippen LogP contribution in [0.15, 0.2) is 54.6 Å². The molecule has 2 aliphatic carbocycles. The second-order valence-electron chi connectivity index (χ2n) is 19.8. The van der Waals surface area contributed by atoms with Gasteiger partial charge in [-0.15, -0.1) is 0 Å². The van der Waals surface area contributed by atoms with Crippen molar-refractivity contribution in [2.45, 2.75) is 132 Å². The van der Waals surface area contributed by atoms with E-state index in [9.17, 15) is 28.8 Å². The Labute approximate surface area is 393 Å². The number of nitrogens with zero attached hydrogens (tertiary/aromatic N) is 2. The van der Waals surface area contributed by atoms with Crippen LogP contribution in [0.25, 0.3) is 0 Å². The lowest BCUT2D eigenvalue weighted by molar-refractivity contribution is -0.139. The molecule has 6 amide bonds. The number of hydrogen-bond acceptors (Lipinski definition) is 7. The van der Waals surface area contributed by atoms with Crippen molar-refractivity contribution >= 4 is 64.3 Å². The van der Waals surface area contributed by atoms with E-state index in [2.05, 4.69) is 40.0 Å². The number of nitrogens with one attached hydrogen (secondary N) is 4. The Morgan fingerprint density at radius 3 is 2.36 bits per heavy atom. The summed E-state index contributed by atoms with van der Waals surface area (Å²) in [5, 5.41) is 12.8. The van der Waals surface area contributed by atoms with Crippen LogP contribution in [-0.4, -0.2) is 82.0 Å². The lowest BCUT2D eigenvalue weighted by Gasteiger charge is -2.47. The minimum atomic E-state index is -1.32. The second kappa shape index (κ2) is 17.1. The highest BCUT2D eigenvalue weighted by Crippen LogP contribution is 2.63. The summed E-state index contributed by atoms with van der Waals surface area (Å²) in [6.07, 6.45) is 8.23. The molecule has 3 aromatic carbocycles. The SMILES string of the molecule is CC1(C#Cc2cccc3c2CN(C2CCC(=O)NC2=O)C3=O)CCN(C(=O)[C@H]2CC[C@H](NC(=O)[C@@H]3NC4(CCCCC4)[C@@]4(C(=O)Nc5cc(Cl)ccc54)[C@H]3c3cccc(Cl)c3F)CC2)CC1. The van der Waals surface area contributed by atoms with Gasteiger partial charge in [0, 0.05) is 76.7 Å². The molecule has 0 bridgehead atoms. The average Bonchev–Trinajstić information content (AvgIpc) is 3.90. The molecule has 2 saturated carbocycles. The zero-order valence-corrected chi connectivity index (χ0v) is 38.4. The lowest BCUT2D eigenvalue weighted by Crippen LogP contribution is -2.60. The smallest absolute Gasteiger partial charge is 0.255 e. The molecule has 1 unspecified atom stereocenters. The van der Waals surface area contributed by atoms with Gasteiger partial charge < -0.3 is 20.4 Å². The van der Waals surface area contributed by atoms with E-state index in [0.29, 0.717) is 92.7 Å². The number of likely N-dealkylation sites (tertiary alicyclic amines) is 1. The first kappa shape index (κ1) is 44.5. The molecule has 0 aromatic heterocycles. The maximum Gasteiger partial charge on any atom is 0.255 e. The van der Waals surface area contributed by atoms with Crippen molar-refractivity contribution in [3.8, 4) is 11.8 Å². The molecule has 4 N–H and O–H groups in total. The number of imide groups is 1. The third kappa shape index (κ3) is 7.39. The highest BCUT2D eigenvalue weighted by Gasteiger charge is 2.72. The van der Waals surface area contributed by atoms with E-state index in [1.807, 2.05) is 17.0 Å². The molecule has 5 fully saturated rings. The highest BCUT2D eigenvalue weighted by atomic mass is 35.5. The fourth-order valence-electron chi connectivity index (χ4n) is 12.5. The molecule has 7 aliphatic rings. The number of piperidine rings is 2. The largest absolute Gasteiger partial charge is 0.352 e.